The molecule has 0 saturated heterocycles. The number of rotatable bonds is 5. The topological polar surface area (TPSA) is 32.3 Å². The summed E-state index contributed by atoms with van der Waals surface area (Å²) in [6.45, 7) is 9.28. The fraction of sp³-hybridized carbons (Fsp3) is 1.00. The van der Waals surface area contributed by atoms with Crippen molar-refractivity contribution in [3.63, 3.8) is 0 Å². The second-order valence-electron chi connectivity index (χ2n) is 6.00. The molecule has 3 unspecified atom stereocenters. The van der Waals surface area contributed by atoms with Gasteiger partial charge in [-0.25, -0.2) is 0 Å². The molecule has 0 aromatic carbocycles. The normalized spacial score (nSPS) is 28.7. The van der Waals surface area contributed by atoms with Gasteiger partial charge in [0.05, 0.1) is 6.61 Å². The van der Waals surface area contributed by atoms with Crippen molar-refractivity contribution >= 4 is 0 Å². The summed E-state index contributed by atoms with van der Waals surface area (Å²) in [5.41, 5.74) is 0. The molecule has 0 radical (unpaired) electrons. The van der Waals surface area contributed by atoms with Crippen molar-refractivity contribution in [2.24, 2.45) is 17.8 Å². The molecule has 0 amide bonds. The largest absolute Gasteiger partial charge is 0.395 e. The van der Waals surface area contributed by atoms with Gasteiger partial charge in [-0.15, -0.1) is 0 Å². The average Bonchev–Trinajstić information content (AvgIpc) is 2.25. The standard InChI is InChI=1S/C14H29NO/c1-10(2)12-7-5-6-8-13(12)15-14(9-16)11(3)4/h10-16H,5-9H2,1-4H3. The summed E-state index contributed by atoms with van der Waals surface area (Å²) in [4.78, 5) is 0. The lowest BCUT2D eigenvalue weighted by Gasteiger charge is -2.38. The van der Waals surface area contributed by atoms with Crippen LogP contribution in [0.25, 0.3) is 0 Å². The predicted octanol–water partition coefficient (Wildman–Crippen LogP) is 2.81. The molecule has 0 aliphatic heterocycles. The number of aliphatic hydroxyl groups is 1. The molecule has 0 spiro atoms. The van der Waals surface area contributed by atoms with Crippen molar-refractivity contribution in [1.29, 1.82) is 0 Å². The first-order valence-electron chi connectivity index (χ1n) is 6.93. The zero-order valence-corrected chi connectivity index (χ0v) is 11.4. The Kier molecular flexibility index (Phi) is 5.77. The van der Waals surface area contributed by atoms with Crippen LogP contribution in [0.3, 0.4) is 0 Å². The van der Waals surface area contributed by atoms with Crippen LogP contribution in [0.15, 0.2) is 0 Å². The van der Waals surface area contributed by atoms with Crippen LogP contribution in [-0.4, -0.2) is 23.8 Å². The van der Waals surface area contributed by atoms with E-state index in [0.717, 1.165) is 11.8 Å². The van der Waals surface area contributed by atoms with Gasteiger partial charge in [0.1, 0.15) is 0 Å². The molecule has 2 heteroatoms. The van der Waals surface area contributed by atoms with Gasteiger partial charge < -0.3 is 10.4 Å². The van der Waals surface area contributed by atoms with E-state index in [1.54, 1.807) is 0 Å². The SMILES string of the molecule is CC(C)C(CO)NC1CCCCC1C(C)C. The smallest absolute Gasteiger partial charge is 0.0587 e. The van der Waals surface area contributed by atoms with Crippen LogP contribution in [-0.2, 0) is 0 Å². The number of hydrogen-bond donors (Lipinski definition) is 2. The van der Waals surface area contributed by atoms with Crippen molar-refractivity contribution in [3.05, 3.63) is 0 Å². The first kappa shape index (κ1) is 14.0. The van der Waals surface area contributed by atoms with Gasteiger partial charge in [-0.2, -0.15) is 0 Å². The molecule has 0 bridgehead atoms. The second-order valence-corrected chi connectivity index (χ2v) is 6.00. The summed E-state index contributed by atoms with van der Waals surface area (Å²) in [5, 5.41) is 13.1. The Morgan fingerprint density at radius 1 is 1.12 bits per heavy atom. The van der Waals surface area contributed by atoms with Crippen molar-refractivity contribution in [2.75, 3.05) is 6.61 Å². The fourth-order valence-corrected chi connectivity index (χ4v) is 2.90. The van der Waals surface area contributed by atoms with Crippen molar-refractivity contribution < 1.29 is 5.11 Å². The third-order valence-electron chi connectivity index (χ3n) is 4.11. The molecule has 16 heavy (non-hydrogen) atoms. The third-order valence-corrected chi connectivity index (χ3v) is 4.11. The fourth-order valence-electron chi connectivity index (χ4n) is 2.90. The Morgan fingerprint density at radius 3 is 2.25 bits per heavy atom. The van der Waals surface area contributed by atoms with Crippen LogP contribution in [0.2, 0.25) is 0 Å². The first-order valence-corrected chi connectivity index (χ1v) is 6.93. The van der Waals surface area contributed by atoms with Crippen LogP contribution in [0.5, 0.6) is 0 Å². The Morgan fingerprint density at radius 2 is 1.75 bits per heavy atom. The summed E-state index contributed by atoms with van der Waals surface area (Å²) in [6.07, 6.45) is 5.36. The van der Waals surface area contributed by atoms with Gasteiger partial charge in [0.2, 0.25) is 0 Å². The van der Waals surface area contributed by atoms with E-state index in [-0.39, 0.29) is 12.6 Å². The van der Waals surface area contributed by atoms with Gasteiger partial charge in [-0.1, -0.05) is 40.5 Å². The molecule has 3 atom stereocenters. The van der Waals surface area contributed by atoms with E-state index >= 15 is 0 Å². The number of hydrogen-bond acceptors (Lipinski definition) is 2. The summed E-state index contributed by atoms with van der Waals surface area (Å²) >= 11 is 0. The maximum Gasteiger partial charge on any atom is 0.0587 e. The summed E-state index contributed by atoms with van der Waals surface area (Å²) in [5.74, 6) is 2.06. The summed E-state index contributed by atoms with van der Waals surface area (Å²) < 4.78 is 0. The molecule has 0 heterocycles. The van der Waals surface area contributed by atoms with Gasteiger partial charge >= 0.3 is 0 Å². The summed E-state index contributed by atoms with van der Waals surface area (Å²) in [7, 11) is 0. The molecule has 1 aliphatic rings. The van der Waals surface area contributed by atoms with Gasteiger partial charge in [0.15, 0.2) is 0 Å². The van der Waals surface area contributed by atoms with E-state index in [4.69, 9.17) is 0 Å². The first-order chi connectivity index (χ1) is 7.56. The number of nitrogens with one attached hydrogen (secondary N) is 1. The minimum atomic E-state index is 0.263. The monoisotopic (exact) mass is 227 g/mol. The second kappa shape index (κ2) is 6.61. The van der Waals surface area contributed by atoms with Gasteiger partial charge in [0.25, 0.3) is 0 Å². The molecule has 2 nitrogen and oxygen atoms in total. The molecular formula is C14H29NO. The highest BCUT2D eigenvalue weighted by Crippen LogP contribution is 2.30. The van der Waals surface area contributed by atoms with Crippen LogP contribution in [0.1, 0.15) is 53.4 Å². The molecular weight excluding hydrogens is 198 g/mol. The van der Waals surface area contributed by atoms with E-state index in [9.17, 15) is 5.11 Å². The Balaban J connectivity index is 2.54. The van der Waals surface area contributed by atoms with Crippen LogP contribution >= 0.6 is 0 Å². The Hall–Kier alpha value is -0.0800. The van der Waals surface area contributed by atoms with E-state index in [0.29, 0.717) is 12.0 Å². The van der Waals surface area contributed by atoms with Gasteiger partial charge in [-0.3, -0.25) is 0 Å². The maximum absolute atomic E-state index is 9.39. The highest BCUT2D eigenvalue weighted by atomic mass is 16.3. The quantitative estimate of drug-likeness (QED) is 0.757. The van der Waals surface area contributed by atoms with E-state index < -0.39 is 0 Å². The zero-order chi connectivity index (χ0) is 12.1. The minimum absolute atomic E-state index is 0.263. The Labute approximate surface area is 101 Å². The lowest BCUT2D eigenvalue weighted by Crippen LogP contribution is -2.49. The highest BCUT2D eigenvalue weighted by Gasteiger charge is 2.29. The summed E-state index contributed by atoms with van der Waals surface area (Å²) in [6, 6.07) is 0.887. The zero-order valence-electron chi connectivity index (χ0n) is 11.4. The number of aliphatic hydroxyl groups excluding tert-OH is 1. The van der Waals surface area contributed by atoms with Crippen LogP contribution in [0, 0.1) is 17.8 Å². The average molecular weight is 227 g/mol. The molecule has 0 aromatic rings. The highest BCUT2D eigenvalue weighted by molar-refractivity contribution is 4.86. The molecule has 2 N–H and O–H groups in total. The van der Waals surface area contributed by atoms with Crippen molar-refractivity contribution in [3.8, 4) is 0 Å². The molecule has 1 fully saturated rings. The van der Waals surface area contributed by atoms with Gasteiger partial charge in [0, 0.05) is 12.1 Å². The molecule has 1 saturated carbocycles. The van der Waals surface area contributed by atoms with E-state index in [2.05, 4.69) is 33.0 Å². The van der Waals surface area contributed by atoms with Crippen LogP contribution in [0.4, 0.5) is 0 Å². The van der Waals surface area contributed by atoms with Crippen molar-refractivity contribution in [1.82, 2.24) is 5.32 Å². The lowest BCUT2D eigenvalue weighted by atomic mass is 9.77. The molecule has 0 aromatic heterocycles. The van der Waals surface area contributed by atoms with Crippen molar-refractivity contribution in [2.45, 2.75) is 65.5 Å². The Bertz CT molecular complexity index is 191. The molecule has 96 valence electrons. The predicted molar refractivity (Wildman–Crippen MR) is 69.4 cm³/mol. The molecule has 1 rings (SSSR count). The van der Waals surface area contributed by atoms with E-state index in [1.165, 1.54) is 25.7 Å². The molecule has 1 aliphatic carbocycles. The van der Waals surface area contributed by atoms with E-state index in [1.807, 2.05) is 0 Å². The van der Waals surface area contributed by atoms with Crippen LogP contribution < -0.4 is 5.32 Å². The third kappa shape index (κ3) is 3.74. The lowest BCUT2D eigenvalue weighted by molar-refractivity contribution is 0.144. The van der Waals surface area contributed by atoms with Gasteiger partial charge in [-0.05, 0) is 30.6 Å². The minimum Gasteiger partial charge on any atom is -0.395 e. The maximum atomic E-state index is 9.39.